The molecule has 0 unspecified atom stereocenters. The van der Waals surface area contributed by atoms with Crippen molar-refractivity contribution in [3.05, 3.63) is 36.7 Å². The van der Waals surface area contributed by atoms with Crippen LogP contribution in [-0.2, 0) is 11.3 Å². The number of anilines is 1. The smallest absolute Gasteiger partial charge is 0.0637 e. The van der Waals surface area contributed by atoms with Gasteiger partial charge in [0.05, 0.1) is 12.3 Å². The van der Waals surface area contributed by atoms with Crippen molar-refractivity contribution in [3.8, 4) is 0 Å². The Kier molecular flexibility index (Phi) is 6.68. The lowest BCUT2D eigenvalue weighted by molar-refractivity contribution is 0.206. The third kappa shape index (κ3) is 6.17. The molecule has 0 fully saturated rings. The maximum absolute atomic E-state index is 5.16. The molecule has 20 heavy (non-hydrogen) atoms. The molecule has 0 saturated heterocycles. The van der Waals surface area contributed by atoms with Crippen molar-refractivity contribution in [1.82, 2.24) is 10.3 Å². The Morgan fingerprint density at radius 2 is 2.20 bits per heavy atom. The molecule has 0 amide bonds. The average Bonchev–Trinajstić information content (AvgIpc) is 2.41. The van der Waals surface area contributed by atoms with E-state index in [1.165, 1.54) is 0 Å². The lowest BCUT2D eigenvalue weighted by Crippen LogP contribution is -2.35. The largest absolute Gasteiger partial charge is 0.383 e. The monoisotopic (exact) mass is 277 g/mol. The van der Waals surface area contributed by atoms with Crippen molar-refractivity contribution < 1.29 is 4.74 Å². The number of aromatic nitrogens is 1. The summed E-state index contributed by atoms with van der Waals surface area (Å²) in [5.41, 5.74) is 2.29. The van der Waals surface area contributed by atoms with Crippen LogP contribution in [0.5, 0.6) is 0 Å². The highest BCUT2D eigenvalue weighted by Gasteiger charge is 2.10. The van der Waals surface area contributed by atoms with Crippen LogP contribution in [0.25, 0.3) is 0 Å². The predicted molar refractivity (Wildman–Crippen MR) is 85.1 cm³/mol. The number of hydrogen-bond acceptors (Lipinski definition) is 4. The van der Waals surface area contributed by atoms with Crippen molar-refractivity contribution in [3.63, 3.8) is 0 Å². The molecule has 0 saturated carbocycles. The molecule has 4 nitrogen and oxygen atoms in total. The van der Waals surface area contributed by atoms with Crippen LogP contribution in [0, 0.1) is 0 Å². The molecule has 1 aromatic heterocycles. The zero-order valence-corrected chi connectivity index (χ0v) is 13.1. The molecule has 0 spiro atoms. The van der Waals surface area contributed by atoms with Crippen molar-refractivity contribution in [1.29, 1.82) is 0 Å². The SMILES string of the molecule is C=CCN(CCOC)c1ccnc(CNC(C)(C)C)c1. The highest BCUT2D eigenvalue weighted by atomic mass is 16.5. The quantitative estimate of drug-likeness (QED) is 0.741. The first kappa shape index (κ1) is 16.7. The Morgan fingerprint density at radius 1 is 1.45 bits per heavy atom. The summed E-state index contributed by atoms with van der Waals surface area (Å²) in [4.78, 5) is 6.65. The average molecular weight is 277 g/mol. The van der Waals surface area contributed by atoms with Gasteiger partial charge in [0.25, 0.3) is 0 Å². The van der Waals surface area contributed by atoms with Gasteiger partial charge in [0, 0.05) is 44.2 Å². The van der Waals surface area contributed by atoms with E-state index < -0.39 is 0 Å². The summed E-state index contributed by atoms with van der Waals surface area (Å²) in [6.45, 7) is 13.4. The van der Waals surface area contributed by atoms with Crippen LogP contribution >= 0.6 is 0 Å². The Hall–Kier alpha value is -1.39. The number of ether oxygens (including phenoxy) is 1. The van der Waals surface area contributed by atoms with Gasteiger partial charge in [-0.3, -0.25) is 4.98 Å². The van der Waals surface area contributed by atoms with Gasteiger partial charge in [-0.05, 0) is 32.9 Å². The first-order chi connectivity index (χ1) is 9.46. The predicted octanol–water partition coefficient (Wildman–Crippen LogP) is 2.61. The molecule has 0 bridgehead atoms. The van der Waals surface area contributed by atoms with Gasteiger partial charge in [0.1, 0.15) is 0 Å². The number of rotatable bonds is 8. The minimum atomic E-state index is 0.0918. The third-order valence-corrected chi connectivity index (χ3v) is 2.88. The molecule has 0 aliphatic rings. The molecular weight excluding hydrogens is 250 g/mol. The second-order valence-electron chi connectivity index (χ2n) is 5.84. The summed E-state index contributed by atoms with van der Waals surface area (Å²) in [7, 11) is 1.72. The first-order valence-electron chi connectivity index (χ1n) is 7.01. The van der Waals surface area contributed by atoms with Crippen LogP contribution in [0.2, 0.25) is 0 Å². The van der Waals surface area contributed by atoms with Crippen LogP contribution < -0.4 is 10.2 Å². The fourth-order valence-corrected chi connectivity index (χ4v) is 1.80. The van der Waals surface area contributed by atoms with Crippen LogP contribution in [0.3, 0.4) is 0 Å². The van der Waals surface area contributed by atoms with E-state index in [0.29, 0.717) is 6.61 Å². The maximum Gasteiger partial charge on any atom is 0.0637 e. The number of methoxy groups -OCH3 is 1. The minimum Gasteiger partial charge on any atom is -0.383 e. The molecule has 1 heterocycles. The normalized spacial score (nSPS) is 11.4. The second-order valence-corrected chi connectivity index (χ2v) is 5.84. The standard InChI is InChI=1S/C16H27N3O/c1-6-9-19(10-11-20-5)15-7-8-17-14(12-15)13-18-16(2,3)4/h6-8,12,18H,1,9-11,13H2,2-5H3. The van der Waals surface area contributed by atoms with Crippen LogP contribution in [-0.4, -0.2) is 37.3 Å². The fraction of sp³-hybridized carbons (Fsp3) is 0.562. The molecular formula is C16H27N3O. The van der Waals surface area contributed by atoms with Gasteiger partial charge in [-0.1, -0.05) is 6.08 Å². The summed E-state index contributed by atoms with van der Waals surface area (Å²) in [6.07, 6.45) is 3.76. The van der Waals surface area contributed by atoms with Gasteiger partial charge < -0.3 is 15.0 Å². The molecule has 0 radical (unpaired) electrons. The van der Waals surface area contributed by atoms with Crippen molar-refractivity contribution in [2.45, 2.75) is 32.9 Å². The number of nitrogens with one attached hydrogen (secondary N) is 1. The second kappa shape index (κ2) is 8.02. The van der Waals surface area contributed by atoms with Gasteiger partial charge >= 0.3 is 0 Å². The van der Waals surface area contributed by atoms with Gasteiger partial charge in [-0.2, -0.15) is 0 Å². The molecule has 1 aromatic rings. The number of pyridine rings is 1. The topological polar surface area (TPSA) is 37.4 Å². The van der Waals surface area contributed by atoms with E-state index in [1.54, 1.807) is 7.11 Å². The maximum atomic E-state index is 5.16. The Balaban J connectivity index is 2.75. The molecule has 0 atom stereocenters. The molecule has 4 heteroatoms. The Bertz CT molecular complexity index is 412. The van der Waals surface area contributed by atoms with Gasteiger partial charge in [0.2, 0.25) is 0 Å². The van der Waals surface area contributed by atoms with Gasteiger partial charge in [0.15, 0.2) is 0 Å². The van der Waals surface area contributed by atoms with E-state index >= 15 is 0 Å². The van der Waals surface area contributed by atoms with E-state index in [1.807, 2.05) is 18.3 Å². The highest BCUT2D eigenvalue weighted by molar-refractivity contribution is 5.47. The van der Waals surface area contributed by atoms with E-state index in [4.69, 9.17) is 4.74 Å². The van der Waals surface area contributed by atoms with Gasteiger partial charge in [-0.25, -0.2) is 0 Å². The van der Waals surface area contributed by atoms with Crippen molar-refractivity contribution >= 4 is 5.69 Å². The van der Waals surface area contributed by atoms with E-state index in [-0.39, 0.29) is 5.54 Å². The summed E-state index contributed by atoms with van der Waals surface area (Å²) in [6, 6.07) is 4.15. The van der Waals surface area contributed by atoms with E-state index in [9.17, 15) is 0 Å². The summed E-state index contributed by atoms with van der Waals surface area (Å²) < 4.78 is 5.16. The summed E-state index contributed by atoms with van der Waals surface area (Å²) in [5, 5.41) is 3.45. The molecule has 1 N–H and O–H groups in total. The zero-order valence-electron chi connectivity index (χ0n) is 13.1. The third-order valence-electron chi connectivity index (χ3n) is 2.88. The number of nitrogens with zero attached hydrogens (tertiary/aromatic N) is 2. The minimum absolute atomic E-state index is 0.0918. The Labute approximate surface area is 122 Å². The van der Waals surface area contributed by atoms with Crippen molar-refractivity contribution in [2.24, 2.45) is 0 Å². The van der Waals surface area contributed by atoms with Crippen LogP contribution in [0.4, 0.5) is 5.69 Å². The number of hydrogen-bond donors (Lipinski definition) is 1. The molecule has 0 aliphatic carbocycles. The van der Waals surface area contributed by atoms with Crippen molar-refractivity contribution in [2.75, 3.05) is 31.7 Å². The van der Waals surface area contributed by atoms with E-state index in [2.05, 4.69) is 48.6 Å². The van der Waals surface area contributed by atoms with Crippen LogP contribution in [0.15, 0.2) is 31.0 Å². The molecule has 0 aliphatic heterocycles. The lowest BCUT2D eigenvalue weighted by atomic mass is 10.1. The highest BCUT2D eigenvalue weighted by Crippen LogP contribution is 2.15. The molecule has 0 aromatic carbocycles. The van der Waals surface area contributed by atoms with Crippen LogP contribution in [0.1, 0.15) is 26.5 Å². The first-order valence-corrected chi connectivity index (χ1v) is 7.01. The fourth-order valence-electron chi connectivity index (χ4n) is 1.80. The summed E-state index contributed by atoms with van der Waals surface area (Å²) >= 11 is 0. The summed E-state index contributed by atoms with van der Waals surface area (Å²) in [5.74, 6) is 0. The zero-order chi connectivity index (χ0) is 15.0. The van der Waals surface area contributed by atoms with Gasteiger partial charge in [-0.15, -0.1) is 6.58 Å². The van der Waals surface area contributed by atoms with E-state index in [0.717, 1.165) is 31.0 Å². The Morgan fingerprint density at radius 3 is 2.80 bits per heavy atom. The molecule has 1 rings (SSSR count). The lowest BCUT2D eigenvalue weighted by Gasteiger charge is -2.24. The molecule has 112 valence electrons.